The Hall–Kier alpha value is -0.610. The van der Waals surface area contributed by atoms with Crippen LogP contribution < -0.4 is 11.1 Å². The molecule has 0 aromatic rings. The zero-order chi connectivity index (χ0) is 15.6. The number of amides is 1. The topological polar surface area (TPSA) is 58.4 Å². The summed E-state index contributed by atoms with van der Waals surface area (Å²) in [5.74, 6) is -0.236. The molecule has 0 aromatic carbocycles. The van der Waals surface area contributed by atoms with Crippen molar-refractivity contribution >= 4 is 5.91 Å². The summed E-state index contributed by atoms with van der Waals surface area (Å²) in [6, 6.07) is 0.640. The Morgan fingerprint density at radius 2 is 1.95 bits per heavy atom. The highest BCUT2D eigenvalue weighted by Crippen LogP contribution is 2.15. The monoisotopic (exact) mass is 285 g/mol. The molecule has 3 N–H and O–H groups in total. The second-order valence-electron chi connectivity index (χ2n) is 5.97. The third-order valence-electron chi connectivity index (χ3n) is 4.30. The molecule has 2 atom stereocenters. The van der Waals surface area contributed by atoms with Crippen LogP contribution in [-0.4, -0.2) is 42.0 Å². The zero-order valence-corrected chi connectivity index (χ0v) is 14.2. The fraction of sp³-hybridized carbons (Fsp3) is 0.938. The van der Waals surface area contributed by atoms with Gasteiger partial charge in [0.25, 0.3) is 0 Å². The summed E-state index contributed by atoms with van der Waals surface area (Å²) in [5.41, 5.74) is 4.99. The maximum Gasteiger partial charge on any atom is 0.237 e. The van der Waals surface area contributed by atoms with Crippen molar-refractivity contribution in [3.8, 4) is 0 Å². The number of hydrogen-bond donors (Lipinski definition) is 2. The van der Waals surface area contributed by atoms with E-state index in [2.05, 4.69) is 37.9 Å². The minimum Gasteiger partial charge on any atom is -0.368 e. The highest BCUT2D eigenvalue weighted by atomic mass is 16.1. The number of primary amides is 1. The fourth-order valence-corrected chi connectivity index (χ4v) is 2.44. The third-order valence-corrected chi connectivity index (χ3v) is 4.30. The van der Waals surface area contributed by atoms with Gasteiger partial charge in [0, 0.05) is 6.04 Å². The van der Waals surface area contributed by atoms with Crippen LogP contribution in [0.2, 0.25) is 0 Å². The first-order chi connectivity index (χ1) is 9.41. The number of nitrogens with two attached hydrogens (primary N) is 1. The normalized spacial score (nSPS) is 16.1. The zero-order valence-electron chi connectivity index (χ0n) is 14.2. The predicted octanol–water partition coefficient (Wildman–Crippen LogP) is 2.52. The summed E-state index contributed by atoms with van der Waals surface area (Å²) < 4.78 is 0. The van der Waals surface area contributed by atoms with Crippen LogP contribution in [-0.2, 0) is 4.79 Å². The molecule has 0 aliphatic carbocycles. The molecule has 0 radical (unpaired) electrons. The minimum atomic E-state index is -0.552. The third kappa shape index (κ3) is 6.71. The summed E-state index contributed by atoms with van der Waals surface area (Å²) in [6.07, 6.45) is 5.17. The lowest BCUT2D eigenvalue weighted by molar-refractivity contribution is -0.124. The van der Waals surface area contributed by atoms with Crippen molar-refractivity contribution in [2.45, 2.75) is 78.3 Å². The Kier molecular flexibility index (Phi) is 9.86. The summed E-state index contributed by atoms with van der Waals surface area (Å²) in [4.78, 5) is 14.1. The van der Waals surface area contributed by atoms with Crippen LogP contribution in [0.1, 0.15) is 66.7 Å². The standard InChI is InChI=1S/C16H35N3O/c1-6-12-18-16(5,15(17)20)11-9-10-13-19(8-3)14(4)7-2/h14,18H,6-13H2,1-5H3,(H2,17,20). The molecule has 0 fully saturated rings. The molecular formula is C16H35N3O. The molecule has 20 heavy (non-hydrogen) atoms. The highest BCUT2D eigenvalue weighted by molar-refractivity contribution is 5.84. The van der Waals surface area contributed by atoms with Gasteiger partial charge in [-0.15, -0.1) is 0 Å². The van der Waals surface area contributed by atoms with Crippen molar-refractivity contribution < 1.29 is 4.79 Å². The van der Waals surface area contributed by atoms with Crippen LogP contribution >= 0.6 is 0 Å². The molecule has 0 saturated carbocycles. The molecule has 0 bridgehead atoms. The van der Waals surface area contributed by atoms with Crippen molar-refractivity contribution in [1.29, 1.82) is 0 Å². The van der Waals surface area contributed by atoms with E-state index in [1.165, 1.54) is 6.42 Å². The van der Waals surface area contributed by atoms with Crippen molar-refractivity contribution in [1.82, 2.24) is 10.2 Å². The van der Waals surface area contributed by atoms with Gasteiger partial charge in [-0.05, 0) is 65.6 Å². The Bertz CT molecular complexity index is 270. The van der Waals surface area contributed by atoms with Crippen LogP contribution in [0.15, 0.2) is 0 Å². The Morgan fingerprint density at radius 1 is 1.30 bits per heavy atom. The number of nitrogens with one attached hydrogen (secondary N) is 1. The molecule has 0 aliphatic heterocycles. The molecule has 2 unspecified atom stereocenters. The molecule has 0 aromatic heterocycles. The van der Waals surface area contributed by atoms with Gasteiger partial charge in [0.05, 0.1) is 5.54 Å². The summed E-state index contributed by atoms with van der Waals surface area (Å²) in [6.45, 7) is 13.8. The van der Waals surface area contributed by atoms with E-state index >= 15 is 0 Å². The molecule has 0 heterocycles. The average molecular weight is 285 g/mol. The number of carbonyl (C=O) groups is 1. The van der Waals surface area contributed by atoms with Crippen LogP contribution in [0.25, 0.3) is 0 Å². The van der Waals surface area contributed by atoms with E-state index in [4.69, 9.17) is 5.73 Å². The number of nitrogens with zero attached hydrogens (tertiary/aromatic N) is 1. The van der Waals surface area contributed by atoms with Gasteiger partial charge in [-0.3, -0.25) is 4.79 Å². The number of rotatable bonds is 12. The Morgan fingerprint density at radius 3 is 2.40 bits per heavy atom. The van der Waals surface area contributed by atoms with Gasteiger partial charge in [-0.25, -0.2) is 0 Å². The van der Waals surface area contributed by atoms with Gasteiger partial charge in [0.1, 0.15) is 0 Å². The van der Waals surface area contributed by atoms with Gasteiger partial charge in [0.2, 0.25) is 5.91 Å². The Balaban J connectivity index is 4.14. The smallest absolute Gasteiger partial charge is 0.237 e. The molecular weight excluding hydrogens is 250 g/mol. The lowest BCUT2D eigenvalue weighted by Gasteiger charge is -2.29. The summed E-state index contributed by atoms with van der Waals surface area (Å²) >= 11 is 0. The van der Waals surface area contributed by atoms with Crippen LogP contribution in [0.3, 0.4) is 0 Å². The number of unbranched alkanes of at least 4 members (excludes halogenated alkanes) is 1. The van der Waals surface area contributed by atoms with E-state index in [-0.39, 0.29) is 5.91 Å². The molecule has 0 spiro atoms. The fourth-order valence-electron chi connectivity index (χ4n) is 2.44. The van der Waals surface area contributed by atoms with E-state index in [0.717, 1.165) is 45.3 Å². The molecule has 4 heteroatoms. The van der Waals surface area contributed by atoms with Crippen molar-refractivity contribution in [2.24, 2.45) is 5.73 Å². The van der Waals surface area contributed by atoms with Gasteiger partial charge < -0.3 is 16.0 Å². The first-order valence-corrected chi connectivity index (χ1v) is 8.20. The molecule has 0 rings (SSSR count). The predicted molar refractivity (Wildman–Crippen MR) is 86.7 cm³/mol. The van der Waals surface area contributed by atoms with E-state index < -0.39 is 5.54 Å². The van der Waals surface area contributed by atoms with E-state index in [1.54, 1.807) is 0 Å². The van der Waals surface area contributed by atoms with Crippen LogP contribution in [0.4, 0.5) is 0 Å². The van der Waals surface area contributed by atoms with Crippen LogP contribution in [0.5, 0.6) is 0 Å². The minimum absolute atomic E-state index is 0.236. The van der Waals surface area contributed by atoms with E-state index in [9.17, 15) is 4.79 Å². The van der Waals surface area contributed by atoms with Crippen LogP contribution in [0, 0.1) is 0 Å². The number of carbonyl (C=O) groups excluding carboxylic acids is 1. The highest BCUT2D eigenvalue weighted by Gasteiger charge is 2.29. The molecule has 4 nitrogen and oxygen atoms in total. The van der Waals surface area contributed by atoms with Crippen molar-refractivity contribution in [3.63, 3.8) is 0 Å². The number of hydrogen-bond acceptors (Lipinski definition) is 3. The van der Waals surface area contributed by atoms with E-state index in [0.29, 0.717) is 6.04 Å². The first-order valence-electron chi connectivity index (χ1n) is 8.20. The SMILES string of the molecule is CCCNC(C)(CCCCN(CC)C(C)CC)C(N)=O. The molecule has 1 amide bonds. The average Bonchev–Trinajstić information content (AvgIpc) is 2.44. The summed E-state index contributed by atoms with van der Waals surface area (Å²) in [7, 11) is 0. The maximum absolute atomic E-state index is 11.6. The van der Waals surface area contributed by atoms with Gasteiger partial charge in [0.15, 0.2) is 0 Å². The summed E-state index contributed by atoms with van der Waals surface area (Å²) in [5, 5.41) is 3.29. The largest absolute Gasteiger partial charge is 0.368 e. The molecule has 120 valence electrons. The molecule has 0 saturated heterocycles. The lowest BCUT2D eigenvalue weighted by atomic mass is 9.93. The van der Waals surface area contributed by atoms with Gasteiger partial charge in [-0.1, -0.05) is 20.8 Å². The van der Waals surface area contributed by atoms with Gasteiger partial charge >= 0.3 is 0 Å². The molecule has 0 aliphatic rings. The quantitative estimate of drug-likeness (QED) is 0.542. The maximum atomic E-state index is 11.6. The second kappa shape index (κ2) is 10.2. The first kappa shape index (κ1) is 19.4. The second-order valence-corrected chi connectivity index (χ2v) is 5.97. The van der Waals surface area contributed by atoms with Gasteiger partial charge in [-0.2, -0.15) is 0 Å². The van der Waals surface area contributed by atoms with Crippen molar-refractivity contribution in [3.05, 3.63) is 0 Å². The Labute approximate surface area is 125 Å². The van der Waals surface area contributed by atoms with Crippen molar-refractivity contribution in [2.75, 3.05) is 19.6 Å². The van der Waals surface area contributed by atoms with E-state index in [1.807, 2.05) is 6.92 Å². The lowest BCUT2D eigenvalue weighted by Crippen LogP contribution is -2.53.